The number of fused-ring (bicyclic) bond motifs is 1. The lowest BCUT2D eigenvalue weighted by molar-refractivity contribution is 0.371. The van der Waals surface area contributed by atoms with Crippen molar-refractivity contribution in [3.8, 4) is 0 Å². The molecule has 0 fully saturated rings. The monoisotopic (exact) mass is 356 g/mol. The molecule has 9 heteroatoms. The van der Waals surface area contributed by atoms with Crippen LogP contribution in [0.25, 0.3) is 11.0 Å². The third kappa shape index (κ3) is 5.76. The number of nitrogens with one attached hydrogen (secondary N) is 2. The van der Waals surface area contributed by atoms with Crippen LogP contribution in [0.5, 0.6) is 0 Å². The van der Waals surface area contributed by atoms with E-state index in [0.29, 0.717) is 29.2 Å². The SMILES string of the molecule is O=c1oc2ccccc2cc1CNC(=S)NCCCP(=O)(O)O. The Morgan fingerprint density at radius 2 is 2.00 bits per heavy atom. The van der Waals surface area contributed by atoms with E-state index in [9.17, 15) is 9.36 Å². The van der Waals surface area contributed by atoms with Gasteiger partial charge in [0.15, 0.2) is 5.11 Å². The number of para-hydroxylation sites is 1. The molecule has 7 nitrogen and oxygen atoms in total. The molecule has 0 bridgehead atoms. The molecule has 2 rings (SSSR count). The summed E-state index contributed by atoms with van der Waals surface area (Å²) < 4.78 is 15.9. The Labute approximate surface area is 137 Å². The van der Waals surface area contributed by atoms with E-state index >= 15 is 0 Å². The van der Waals surface area contributed by atoms with Crippen molar-refractivity contribution in [3.05, 3.63) is 46.3 Å². The summed E-state index contributed by atoms with van der Waals surface area (Å²) >= 11 is 5.05. The highest BCUT2D eigenvalue weighted by molar-refractivity contribution is 7.80. The summed E-state index contributed by atoms with van der Waals surface area (Å²) in [6.45, 7) is 0.542. The van der Waals surface area contributed by atoms with Crippen LogP contribution in [0.4, 0.5) is 0 Å². The second-order valence-electron chi connectivity index (χ2n) is 4.95. The first-order valence-electron chi connectivity index (χ1n) is 6.93. The number of hydrogen-bond acceptors (Lipinski definition) is 4. The second kappa shape index (κ2) is 7.70. The van der Waals surface area contributed by atoms with Crippen LogP contribution in [-0.2, 0) is 11.1 Å². The summed E-state index contributed by atoms with van der Waals surface area (Å²) in [5.74, 6) is 0. The van der Waals surface area contributed by atoms with E-state index in [1.54, 1.807) is 18.2 Å². The zero-order chi connectivity index (χ0) is 16.9. The fraction of sp³-hybridized carbons (Fsp3) is 0.286. The quantitative estimate of drug-likeness (QED) is 0.265. The third-order valence-electron chi connectivity index (χ3n) is 3.06. The largest absolute Gasteiger partial charge is 0.422 e. The summed E-state index contributed by atoms with van der Waals surface area (Å²) in [6.07, 6.45) is 0.0983. The Bertz CT molecular complexity index is 801. The standard InChI is InChI=1S/C14H17N2O5PS/c17-13-11(8-10-4-1-2-5-12(10)21-13)9-16-14(23)15-6-3-7-22(18,19)20/h1-2,4-5,8H,3,6-7,9H2,(H2,15,16,23)(H2,18,19,20). The minimum absolute atomic E-state index is 0.198. The average Bonchev–Trinajstić information content (AvgIpc) is 2.48. The molecule has 1 aromatic carbocycles. The molecular formula is C14H17N2O5PS. The van der Waals surface area contributed by atoms with E-state index < -0.39 is 13.2 Å². The maximum atomic E-state index is 11.9. The van der Waals surface area contributed by atoms with Crippen molar-refractivity contribution in [2.75, 3.05) is 12.7 Å². The molecule has 0 aliphatic rings. The molecule has 0 spiro atoms. The molecular weight excluding hydrogens is 339 g/mol. The van der Waals surface area contributed by atoms with Gasteiger partial charge in [-0.1, -0.05) is 18.2 Å². The van der Waals surface area contributed by atoms with E-state index in [1.165, 1.54) is 0 Å². The van der Waals surface area contributed by atoms with Gasteiger partial charge in [-0.2, -0.15) is 0 Å². The van der Waals surface area contributed by atoms with Gasteiger partial charge in [0.05, 0.1) is 11.7 Å². The normalized spacial score (nSPS) is 11.4. The summed E-state index contributed by atoms with van der Waals surface area (Å²) in [5, 5.41) is 6.83. The average molecular weight is 356 g/mol. The smallest absolute Gasteiger partial charge is 0.341 e. The van der Waals surface area contributed by atoms with Crippen molar-refractivity contribution in [3.63, 3.8) is 0 Å². The third-order valence-corrected chi connectivity index (χ3v) is 4.25. The summed E-state index contributed by atoms with van der Waals surface area (Å²) in [4.78, 5) is 29.3. The summed E-state index contributed by atoms with van der Waals surface area (Å²) in [7, 11) is -3.98. The molecule has 0 aliphatic carbocycles. The predicted molar refractivity (Wildman–Crippen MR) is 91.5 cm³/mol. The van der Waals surface area contributed by atoms with Crippen LogP contribution in [0, 0.1) is 0 Å². The van der Waals surface area contributed by atoms with Crippen molar-refractivity contribution in [1.29, 1.82) is 0 Å². The minimum Gasteiger partial charge on any atom is -0.422 e. The van der Waals surface area contributed by atoms with Crippen LogP contribution in [-0.4, -0.2) is 27.6 Å². The fourth-order valence-electron chi connectivity index (χ4n) is 1.95. The predicted octanol–water partition coefficient (Wildman–Crippen LogP) is 1.32. The van der Waals surface area contributed by atoms with Crippen LogP contribution in [0.2, 0.25) is 0 Å². The van der Waals surface area contributed by atoms with Crippen LogP contribution < -0.4 is 16.3 Å². The van der Waals surface area contributed by atoms with Crippen LogP contribution >= 0.6 is 19.8 Å². The Morgan fingerprint density at radius 1 is 1.26 bits per heavy atom. The molecule has 0 saturated carbocycles. The summed E-state index contributed by atoms with van der Waals surface area (Å²) in [6, 6.07) is 8.96. The van der Waals surface area contributed by atoms with Gasteiger partial charge in [0.25, 0.3) is 0 Å². The molecule has 0 unspecified atom stereocenters. The van der Waals surface area contributed by atoms with Gasteiger partial charge < -0.3 is 24.8 Å². The van der Waals surface area contributed by atoms with Gasteiger partial charge in [0, 0.05) is 18.5 Å². The lowest BCUT2D eigenvalue weighted by Crippen LogP contribution is -2.36. The van der Waals surface area contributed by atoms with Gasteiger partial charge in [-0.05, 0) is 30.8 Å². The highest BCUT2D eigenvalue weighted by atomic mass is 32.1. The van der Waals surface area contributed by atoms with Gasteiger partial charge in [-0.3, -0.25) is 4.57 Å². The lowest BCUT2D eigenvalue weighted by Gasteiger charge is -2.10. The molecule has 0 amide bonds. The van der Waals surface area contributed by atoms with Gasteiger partial charge >= 0.3 is 13.2 Å². The molecule has 4 N–H and O–H groups in total. The van der Waals surface area contributed by atoms with Crippen molar-refractivity contribution < 1.29 is 18.8 Å². The number of thiocarbonyl (C=S) groups is 1. The Morgan fingerprint density at radius 3 is 2.74 bits per heavy atom. The molecule has 23 heavy (non-hydrogen) atoms. The Balaban J connectivity index is 1.86. The van der Waals surface area contributed by atoms with E-state index in [4.69, 9.17) is 26.4 Å². The van der Waals surface area contributed by atoms with Gasteiger partial charge in [-0.15, -0.1) is 0 Å². The Kier molecular flexibility index (Phi) is 5.90. The number of rotatable bonds is 6. The molecule has 0 atom stereocenters. The molecule has 1 heterocycles. The van der Waals surface area contributed by atoms with E-state index in [0.717, 1.165) is 5.39 Å². The zero-order valence-corrected chi connectivity index (χ0v) is 13.9. The second-order valence-corrected chi connectivity index (χ2v) is 7.13. The topological polar surface area (TPSA) is 112 Å². The maximum absolute atomic E-state index is 11.9. The number of benzene rings is 1. The van der Waals surface area contributed by atoms with Crippen molar-refractivity contribution in [2.45, 2.75) is 13.0 Å². The molecule has 124 valence electrons. The molecule has 2 aromatic rings. The van der Waals surface area contributed by atoms with Gasteiger partial charge in [-0.25, -0.2) is 4.79 Å². The first-order chi connectivity index (χ1) is 10.8. The first-order valence-corrected chi connectivity index (χ1v) is 9.14. The van der Waals surface area contributed by atoms with Gasteiger partial charge in [0.1, 0.15) is 5.58 Å². The minimum atomic E-state index is -3.98. The highest BCUT2D eigenvalue weighted by Gasteiger charge is 2.11. The van der Waals surface area contributed by atoms with E-state index in [1.807, 2.05) is 12.1 Å². The van der Waals surface area contributed by atoms with E-state index in [-0.39, 0.29) is 12.7 Å². The molecule has 0 aliphatic heterocycles. The van der Waals surface area contributed by atoms with Crippen molar-refractivity contribution in [2.24, 2.45) is 0 Å². The zero-order valence-electron chi connectivity index (χ0n) is 12.2. The highest BCUT2D eigenvalue weighted by Crippen LogP contribution is 2.34. The molecule has 1 aromatic heterocycles. The van der Waals surface area contributed by atoms with Crippen LogP contribution in [0.1, 0.15) is 12.0 Å². The van der Waals surface area contributed by atoms with Gasteiger partial charge in [0.2, 0.25) is 0 Å². The van der Waals surface area contributed by atoms with Crippen LogP contribution in [0.15, 0.2) is 39.5 Å². The van der Waals surface area contributed by atoms with Crippen LogP contribution in [0.3, 0.4) is 0 Å². The first kappa shape index (κ1) is 17.6. The summed E-state index contributed by atoms with van der Waals surface area (Å²) in [5.41, 5.74) is 0.544. The maximum Gasteiger partial charge on any atom is 0.341 e. The van der Waals surface area contributed by atoms with Crippen molar-refractivity contribution in [1.82, 2.24) is 10.6 Å². The van der Waals surface area contributed by atoms with E-state index in [2.05, 4.69) is 10.6 Å². The van der Waals surface area contributed by atoms with Crippen molar-refractivity contribution >= 4 is 35.9 Å². The fourth-order valence-corrected chi connectivity index (χ4v) is 2.70. The Hall–Kier alpha value is -1.73. The number of hydrogen-bond donors (Lipinski definition) is 4. The molecule has 0 radical (unpaired) electrons. The lowest BCUT2D eigenvalue weighted by atomic mass is 10.2. The molecule has 0 saturated heterocycles.